The SMILES string of the molecule is CCCNC(=O)Nc1cccc(S(=O)(=O)Nc2cccc([C@@H](CC(=O)O)NC(=O)Nc3ccc(NC(=O)NCCN(C)CCN(C)CCN(C)CC(=O)N[C@@H](CC(N)=O)C(=O)N4CCC[C@H]4C(=O)N[C@H](C(=O)N=[S@](C)(=O)Cc4cc5nc(c4)OCCCOc4cc(F)ccc4-c4cc(ncc4F)N5)C(C)C)cc3)c2)c1. The van der Waals surface area contributed by atoms with Crippen LogP contribution in [0.5, 0.6) is 11.6 Å². The fourth-order valence-corrected chi connectivity index (χ4v) is 14.2. The zero-order valence-corrected chi connectivity index (χ0v) is 63.7. The average Bonchev–Trinajstić information content (AvgIpc) is 1.02. The van der Waals surface area contributed by atoms with Crippen LogP contribution < -0.4 is 67.8 Å². The molecule has 6 aromatic rings. The first-order valence-electron chi connectivity index (χ1n) is 35.5. The molecule has 0 saturated carbocycles. The van der Waals surface area contributed by atoms with E-state index < -0.39 is 128 Å². The highest BCUT2D eigenvalue weighted by Gasteiger charge is 2.40. The summed E-state index contributed by atoms with van der Waals surface area (Å²) in [4.78, 5) is 134. The number of amides is 11. The first-order chi connectivity index (χ1) is 52.3. The molecular weight excluding hydrogens is 1470 g/mol. The van der Waals surface area contributed by atoms with Gasteiger partial charge in [-0.15, -0.1) is 0 Å². The van der Waals surface area contributed by atoms with Gasteiger partial charge in [-0.05, 0) is 136 Å². The Morgan fingerprint density at radius 1 is 0.709 bits per heavy atom. The van der Waals surface area contributed by atoms with Crippen LogP contribution in [-0.2, 0) is 54.3 Å². The van der Waals surface area contributed by atoms with E-state index in [1.165, 1.54) is 96.1 Å². The summed E-state index contributed by atoms with van der Waals surface area (Å²) in [6.07, 6.45) is 2.74. The zero-order chi connectivity index (χ0) is 79.8. The molecule has 5 atom stereocenters. The summed E-state index contributed by atoms with van der Waals surface area (Å²) in [5.74, 6) is -6.58. The van der Waals surface area contributed by atoms with Crippen LogP contribution in [0, 0.1) is 17.6 Å². The molecule has 33 nitrogen and oxygen atoms in total. The van der Waals surface area contributed by atoms with Gasteiger partial charge in [0, 0.05) is 111 Å². The normalized spacial score (nSPS) is 14.8. The van der Waals surface area contributed by atoms with Gasteiger partial charge in [0.15, 0.2) is 0 Å². The maximum Gasteiger partial charge on any atom is 0.319 e. The molecule has 4 heterocycles. The average molecular weight is 1570 g/mol. The summed E-state index contributed by atoms with van der Waals surface area (Å²) >= 11 is 0. The number of carbonyl (C=O) groups is 9. The van der Waals surface area contributed by atoms with Crippen LogP contribution in [-0.4, -0.2) is 219 Å². The highest BCUT2D eigenvalue weighted by Crippen LogP contribution is 2.35. The lowest BCUT2D eigenvalue weighted by molar-refractivity contribution is -0.143. The molecule has 2 aliphatic heterocycles. The van der Waals surface area contributed by atoms with Gasteiger partial charge in [0.2, 0.25) is 29.5 Å². The van der Waals surface area contributed by atoms with Crippen LogP contribution in [0.3, 0.4) is 0 Å². The lowest BCUT2D eigenvalue weighted by Crippen LogP contribution is -2.57. The maximum absolute atomic E-state index is 15.2. The monoisotopic (exact) mass is 1560 g/mol. The summed E-state index contributed by atoms with van der Waals surface area (Å²) in [6.45, 7) is 8.67. The first-order valence-corrected chi connectivity index (χ1v) is 39.1. The Morgan fingerprint density at radius 2 is 1.36 bits per heavy atom. The number of hydrogen-bond donors (Lipinski definition) is 12. The fraction of sp³-hybridized carbons (Fsp3) is 0.411. The van der Waals surface area contributed by atoms with E-state index in [-0.39, 0.29) is 101 Å². The van der Waals surface area contributed by atoms with Crippen molar-refractivity contribution in [2.75, 3.05) is 126 Å². The minimum atomic E-state index is -4.19. The fourth-order valence-electron chi connectivity index (χ4n) is 11.7. The molecule has 592 valence electrons. The molecule has 0 radical (unpaired) electrons. The number of likely N-dealkylation sites (tertiary alicyclic amines) is 1. The number of pyridine rings is 2. The highest BCUT2D eigenvalue weighted by atomic mass is 32.2. The Balaban J connectivity index is 0.744. The van der Waals surface area contributed by atoms with Crippen molar-refractivity contribution in [3.63, 3.8) is 0 Å². The van der Waals surface area contributed by atoms with Gasteiger partial charge in [0.1, 0.15) is 47.1 Å². The van der Waals surface area contributed by atoms with E-state index in [1.54, 1.807) is 44.0 Å². The third-order valence-electron chi connectivity index (χ3n) is 17.3. The van der Waals surface area contributed by atoms with Crippen LogP contribution >= 0.6 is 0 Å². The molecule has 13 N–H and O–H groups in total. The van der Waals surface area contributed by atoms with Gasteiger partial charge >= 0.3 is 24.1 Å². The standard InChI is InChI=1S/C73H94F2N18O15S2/c1-8-24-77-71(101)82-51-14-10-16-53(38-51)110(105,106)88-52-15-9-13-47(36-52)57(41-66(96)97)84-73(103)81-50-21-19-49(20-22-50)80-72(102)78-25-27-90(4)28-29-91(5)30-31-92(6)43-64(95)83-58(40-61(76)94)70(100)93-26-11-17-59(93)68(98)87-67(45(2)3)69(99)89-109(7,104)44-46-34-63-85-62-39-55(56(75)42-79-62)54-23-18-48(74)37-60(54)107-32-12-33-108-65(35-46)86-63/h9-10,13-16,18-23,34-39,42,45,57-59,67,88H,8,11-12,17,24-33,40-41,43-44H2,1-7H3,(H2,76,94)(H,83,95)(H,87,98)(H,96,97)(H2,77,82,101)(H2,78,80,102)(H,79,85,86)(H2,81,84,103)/t57-,58+,59+,67+,109-/m1/s1. The lowest BCUT2D eigenvalue weighted by atomic mass is 10.0. The second-order valence-electron chi connectivity index (χ2n) is 27.0. The number of nitrogens with zero attached hydrogens (tertiary/aromatic N) is 7. The van der Waals surface area contributed by atoms with Crippen LogP contribution in [0.1, 0.15) is 76.5 Å². The number of carboxylic acid groups (broad SMARTS) is 1. The molecule has 4 bridgehead atoms. The zero-order valence-electron chi connectivity index (χ0n) is 62.0. The lowest BCUT2D eigenvalue weighted by Gasteiger charge is -2.30. The highest BCUT2D eigenvalue weighted by molar-refractivity contribution is 7.93. The van der Waals surface area contributed by atoms with Crippen molar-refractivity contribution in [1.29, 1.82) is 0 Å². The molecule has 0 aliphatic carbocycles. The Hall–Kier alpha value is -11.2. The molecule has 2 aromatic heterocycles. The number of aromatic nitrogens is 2. The van der Waals surface area contributed by atoms with Crippen molar-refractivity contribution in [2.45, 2.75) is 94.1 Å². The maximum atomic E-state index is 15.2. The number of aliphatic carboxylic acids is 1. The second kappa shape index (κ2) is 39.8. The first kappa shape index (κ1) is 84.5. The number of fused-ring (bicyclic) bond motifs is 6. The van der Waals surface area contributed by atoms with E-state index in [2.05, 4.69) is 66.9 Å². The number of sulfonamides is 1. The van der Waals surface area contributed by atoms with Gasteiger partial charge in [-0.2, -0.15) is 9.35 Å². The minimum absolute atomic E-state index is 0.0780. The smallest absolute Gasteiger partial charge is 0.319 e. The Morgan fingerprint density at radius 3 is 2.05 bits per heavy atom. The van der Waals surface area contributed by atoms with Crippen LogP contribution in [0.2, 0.25) is 0 Å². The van der Waals surface area contributed by atoms with Crippen LogP contribution in [0.4, 0.5) is 57.5 Å². The number of nitrogens with one attached hydrogen (secondary N) is 10. The molecule has 11 amide bonds. The van der Waals surface area contributed by atoms with E-state index in [4.69, 9.17) is 15.2 Å². The Kier molecular flexibility index (Phi) is 30.6. The minimum Gasteiger partial charge on any atom is -0.493 e. The predicted octanol–water partition coefficient (Wildman–Crippen LogP) is 6.23. The van der Waals surface area contributed by atoms with Gasteiger partial charge in [-0.25, -0.2) is 40.8 Å². The van der Waals surface area contributed by atoms with Crippen molar-refractivity contribution in [3.05, 3.63) is 138 Å². The number of benzene rings is 4. The van der Waals surface area contributed by atoms with E-state index in [0.717, 1.165) is 12.3 Å². The molecule has 8 rings (SSSR count). The van der Waals surface area contributed by atoms with E-state index >= 15 is 4.39 Å². The van der Waals surface area contributed by atoms with Crippen molar-refractivity contribution >= 4 is 108 Å². The predicted molar refractivity (Wildman–Crippen MR) is 409 cm³/mol. The van der Waals surface area contributed by atoms with Crippen LogP contribution in [0.15, 0.2) is 125 Å². The van der Waals surface area contributed by atoms with E-state index in [0.29, 0.717) is 75.5 Å². The molecular formula is C73H94F2N18O15S2. The summed E-state index contributed by atoms with van der Waals surface area (Å²) in [6, 6.07) is 19.2. The van der Waals surface area contributed by atoms with Gasteiger partial charge in [-0.1, -0.05) is 39.0 Å². The van der Waals surface area contributed by atoms with Gasteiger partial charge < -0.3 is 82.9 Å². The number of carboxylic acids is 1. The number of anilines is 6. The third kappa shape index (κ3) is 26.3. The quantitative estimate of drug-likeness (QED) is 0.0217. The Labute approximate surface area is 636 Å². The Bertz CT molecular complexity index is 4560. The summed E-state index contributed by atoms with van der Waals surface area (Å²) < 4.78 is 88.9. The molecule has 0 unspecified atom stereocenters. The van der Waals surface area contributed by atoms with E-state index in [1.807, 2.05) is 30.8 Å². The number of carbonyl (C=O) groups excluding carboxylic acids is 8. The summed E-state index contributed by atoms with van der Waals surface area (Å²) in [5, 5.41) is 34.1. The molecule has 110 heavy (non-hydrogen) atoms. The number of urea groups is 3. The molecule has 0 spiro atoms. The van der Waals surface area contributed by atoms with Gasteiger partial charge in [0.05, 0.1) is 65.2 Å². The van der Waals surface area contributed by atoms with Gasteiger partial charge in [-0.3, -0.25) is 38.4 Å². The largest absolute Gasteiger partial charge is 0.493 e. The van der Waals surface area contributed by atoms with Crippen LogP contribution in [0.25, 0.3) is 11.1 Å². The van der Waals surface area contributed by atoms with Crippen molar-refractivity contribution in [2.24, 2.45) is 16.0 Å². The molecule has 1 fully saturated rings. The molecule has 4 aromatic carbocycles. The molecule has 1 saturated heterocycles. The van der Waals surface area contributed by atoms with Crippen molar-refractivity contribution in [3.8, 4) is 22.8 Å². The topological polar surface area (TPSA) is 441 Å². The van der Waals surface area contributed by atoms with Gasteiger partial charge in [0.25, 0.3) is 15.9 Å². The third-order valence-corrected chi connectivity index (χ3v) is 20.1. The number of hydrogen-bond acceptors (Lipinski definition) is 20. The van der Waals surface area contributed by atoms with Crippen molar-refractivity contribution < 1.29 is 79.1 Å². The number of nitrogens with two attached hydrogens (primary N) is 1. The number of primary amides is 1. The number of rotatable bonds is 33. The summed E-state index contributed by atoms with van der Waals surface area (Å²) in [5.41, 5.74) is 7.65. The second-order valence-corrected chi connectivity index (χ2v) is 31.1. The molecule has 2 aliphatic rings. The number of halogens is 2. The van der Waals surface area contributed by atoms with E-state index in [9.17, 15) is 65.3 Å². The number of ether oxygens (including phenoxy) is 2. The number of likely N-dealkylation sites (N-methyl/N-ethyl adjacent to an activating group) is 3. The molecule has 37 heteroatoms. The van der Waals surface area contributed by atoms with Crippen molar-refractivity contribution in [1.82, 2.24) is 56.2 Å². The summed E-state index contributed by atoms with van der Waals surface area (Å²) in [7, 11) is -2.09.